The maximum atomic E-state index is 13.0. The maximum Gasteiger partial charge on any atom is 0.333 e. The number of hydrogen-bond donors (Lipinski definition) is 2. The third-order valence-corrected chi connectivity index (χ3v) is 11.4. The summed E-state index contributed by atoms with van der Waals surface area (Å²) in [6.07, 6.45) is 8.13. The fourth-order valence-corrected chi connectivity index (χ4v) is 9.30. The van der Waals surface area contributed by atoms with Gasteiger partial charge in [0.1, 0.15) is 4.21 Å². The topological polar surface area (TPSA) is 113 Å². The van der Waals surface area contributed by atoms with Gasteiger partial charge in [-0.05, 0) is 85.8 Å². The molecule has 3 aliphatic rings. The molecule has 1 unspecified atom stereocenters. The number of carbonyl (C=O) groups excluding carboxylic acids is 1. The standard InChI is InChI=1S/C23H26ClN3O5S3/c24-20-9-10-21(33-20)35(31,32)27-12-3-6-17(27)11-13-34(29,30)26-23(28)25-22-18-7-1-4-15(18)14-16-5-2-8-19(16)22/h9-11,13-14,17H,1-8,12H2,(H2,25,26,28)/b13-11+. The molecule has 1 aromatic heterocycles. The fraction of sp³-hybridized carbons (Fsp3) is 0.435. The summed E-state index contributed by atoms with van der Waals surface area (Å²) in [4.78, 5) is 12.7. The van der Waals surface area contributed by atoms with Crippen LogP contribution >= 0.6 is 22.9 Å². The molecule has 12 heteroatoms. The molecule has 8 nitrogen and oxygen atoms in total. The second-order valence-electron chi connectivity index (χ2n) is 9.05. The Labute approximate surface area is 214 Å². The zero-order valence-corrected chi connectivity index (χ0v) is 22.1. The molecule has 2 heterocycles. The highest BCUT2D eigenvalue weighted by atomic mass is 35.5. The minimum atomic E-state index is -4.13. The number of hydrogen-bond acceptors (Lipinski definition) is 6. The van der Waals surface area contributed by atoms with Gasteiger partial charge in [0, 0.05) is 23.7 Å². The van der Waals surface area contributed by atoms with Gasteiger partial charge in [0.25, 0.3) is 20.0 Å². The Morgan fingerprint density at radius 1 is 1.03 bits per heavy atom. The molecule has 1 fully saturated rings. The van der Waals surface area contributed by atoms with E-state index in [-0.39, 0.29) is 10.8 Å². The highest BCUT2D eigenvalue weighted by molar-refractivity contribution is 7.93. The van der Waals surface area contributed by atoms with E-state index in [9.17, 15) is 21.6 Å². The average Bonchev–Trinajstić information content (AvgIpc) is 3.57. The average molecular weight is 556 g/mol. The van der Waals surface area contributed by atoms with E-state index in [1.165, 1.54) is 33.6 Å². The first-order valence-corrected chi connectivity index (χ1v) is 15.8. The van der Waals surface area contributed by atoms with E-state index in [2.05, 4.69) is 16.1 Å². The number of benzene rings is 1. The number of sulfonamides is 2. The van der Waals surface area contributed by atoms with Crippen molar-refractivity contribution in [2.24, 2.45) is 0 Å². The number of anilines is 1. The van der Waals surface area contributed by atoms with Crippen LogP contribution in [0.2, 0.25) is 4.34 Å². The number of rotatable bonds is 6. The lowest BCUT2D eigenvalue weighted by atomic mass is 9.99. The summed E-state index contributed by atoms with van der Waals surface area (Å²) >= 11 is 6.86. The molecule has 2 N–H and O–H groups in total. The number of carbonyl (C=O) groups is 1. The lowest BCUT2D eigenvalue weighted by Crippen LogP contribution is -2.35. The van der Waals surface area contributed by atoms with Crippen molar-refractivity contribution in [2.75, 3.05) is 11.9 Å². The van der Waals surface area contributed by atoms with Crippen LogP contribution in [0, 0.1) is 0 Å². The molecule has 5 rings (SSSR count). The molecule has 1 atom stereocenters. The molecule has 35 heavy (non-hydrogen) atoms. The molecule has 1 aromatic carbocycles. The van der Waals surface area contributed by atoms with Gasteiger partial charge in [-0.1, -0.05) is 23.7 Å². The van der Waals surface area contributed by atoms with Crippen molar-refractivity contribution in [3.8, 4) is 0 Å². The van der Waals surface area contributed by atoms with E-state index in [0.29, 0.717) is 17.2 Å². The first-order valence-electron chi connectivity index (χ1n) is 11.6. The van der Waals surface area contributed by atoms with Gasteiger partial charge >= 0.3 is 6.03 Å². The van der Waals surface area contributed by atoms with Gasteiger partial charge in [0.2, 0.25) is 0 Å². The molecule has 2 amide bonds. The highest BCUT2D eigenvalue weighted by Gasteiger charge is 2.35. The second-order valence-corrected chi connectivity index (χ2v) is 14.4. The van der Waals surface area contributed by atoms with Crippen molar-refractivity contribution in [3.05, 3.63) is 56.3 Å². The van der Waals surface area contributed by atoms with E-state index >= 15 is 0 Å². The molecule has 1 aliphatic heterocycles. The van der Waals surface area contributed by atoms with Crippen LogP contribution in [0.5, 0.6) is 0 Å². The summed E-state index contributed by atoms with van der Waals surface area (Å²) in [5.74, 6) is 0. The van der Waals surface area contributed by atoms with E-state index < -0.39 is 32.1 Å². The van der Waals surface area contributed by atoms with Crippen molar-refractivity contribution in [1.82, 2.24) is 9.03 Å². The summed E-state index contributed by atoms with van der Waals surface area (Å²) in [5, 5.41) is 3.68. The molecule has 0 radical (unpaired) electrons. The van der Waals surface area contributed by atoms with Crippen molar-refractivity contribution in [2.45, 2.75) is 61.6 Å². The van der Waals surface area contributed by atoms with Crippen LogP contribution in [0.3, 0.4) is 0 Å². The molecular formula is C23H26ClN3O5S3. The third kappa shape index (κ3) is 5.01. The Hall–Kier alpha value is -1.92. The van der Waals surface area contributed by atoms with E-state index in [1.807, 2.05) is 0 Å². The zero-order valence-electron chi connectivity index (χ0n) is 18.9. The SMILES string of the molecule is O=C(Nc1c2c(cc3c1CCC3)CCC2)NS(=O)(=O)/C=C/C1CCCN1S(=O)(=O)c1ccc(Cl)s1. The first kappa shape index (κ1) is 24.8. The largest absolute Gasteiger partial charge is 0.333 e. The molecule has 0 spiro atoms. The number of aryl methyl sites for hydroxylation is 2. The first-order chi connectivity index (χ1) is 16.6. The van der Waals surface area contributed by atoms with Gasteiger partial charge in [-0.15, -0.1) is 11.3 Å². The van der Waals surface area contributed by atoms with Gasteiger partial charge in [-0.3, -0.25) is 0 Å². The Bertz CT molecular complexity index is 1380. The number of thiophene rings is 1. The molecule has 1 saturated heterocycles. The Morgan fingerprint density at radius 3 is 2.34 bits per heavy atom. The van der Waals surface area contributed by atoms with Crippen LogP contribution in [0.1, 0.15) is 47.9 Å². The van der Waals surface area contributed by atoms with Gasteiger partial charge in [-0.25, -0.2) is 26.4 Å². The number of nitrogens with one attached hydrogen (secondary N) is 2. The number of amides is 2. The molecule has 0 saturated carbocycles. The quantitative estimate of drug-likeness (QED) is 0.555. The molecule has 2 aromatic rings. The summed E-state index contributed by atoms with van der Waals surface area (Å²) in [6, 6.07) is 3.76. The zero-order chi connectivity index (χ0) is 24.8. The minimum Gasteiger partial charge on any atom is -0.307 e. The van der Waals surface area contributed by atoms with Crippen LogP contribution in [0.4, 0.5) is 10.5 Å². The number of urea groups is 1. The van der Waals surface area contributed by atoms with Crippen LogP contribution in [0.25, 0.3) is 0 Å². The van der Waals surface area contributed by atoms with Crippen LogP contribution in [-0.2, 0) is 45.7 Å². The molecule has 0 bridgehead atoms. The monoisotopic (exact) mass is 555 g/mol. The minimum absolute atomic E-state index is 0.117. The van der Waals surface area contributed by atoms with Crippen molar-refractivity contribution in [1.29, 1.82) is 0 Å². The fourth-order valence-electron chi connectivity index (χ4n) is 5.27. The van der Waals surface area contributed by atoms with Gasteiger partial charge in [0.05, 0.1) is 4.34 Å². The second kappa shape index (κ2) is 9.51. The summed E-state index contributed by atoms with van der Waals surface area (Å²) in [6.45, 7) is 0.283. The lowest BCUT2D eigenvalue weighted by Gasteiger charge is -2.20. The van der Waals surface area contributed by atoms with Crippen LogP contribution < -0.4 is 10.0 Å². The van der Waals surface area contributed by atoms with Crippen molar-refractivity contribution < 1.29 is 21.6 Å². The maximum absolute atomic E-state index is 13.0. The number of halogens is 1. The molecular weight excluding hydrogens is 530 g/mol. The highest BCUT2D eigenvalue weighted by Crippen LogP contribution is 2.38. The van der Waals surface area contributed by atoms with E-state index in [0.717, 1.165) is 72.1 Å². The smallest absolute Gasteiger partial charge is 0.307 e. The van der Waals surface area contributed by atoms with E-state index in [4.69, 9.17) is 11.6 Å². The molecule has 2 aliphatic carbocycles. The summed E-state index contributed by atoms with van der Waals surface area (Å²) < 4.78 is 55.0. The van der Waals surface area contributed by atoms with Gasteiger partial charge in [-0.2, -0.15) is 4.31 Å². The van der Waals surface area contributed by atoms with Gasteiger partial charge in [0.15, 0.2) is 0 Å². The predicted octanol–water partition coefficient (Wildman–Crippen LogP) is 4.20. The predicted molar refractivity (Wildman–Crippen MR) is 137 cm³/mol. The molecule has 188 valence electrons. The van der Waals surface area contributed by atoms with Crippen molar-refractivity contribution in [3.63, 3.8) is 0 Å². The lowest BCUT2D eigenvalue weighted by molar-refractivity contribution is 0.256. The Kier molecular flexibility index (Phi) is 6.73. The van der Waals surface area contributed by atoms with Crippen molar-refractivity contribution >= 4 is 54.7 Å². The number of fused-ring (bicyclic) bond motifs is 2. The van der Waals surface area contributed by atoms with Gasteiger partial charge < -0.3 is 5.32 Å². The normalized spacial score (nSPS) is 20.3. The third-order valence-electron chi connectivity index (χ3n) is 6.79. The Morgan fingerprint density at radius 2 is 1.71 bits per heavy atom. The summed E-state index contributed by atoms with van der Waals surface area (Å²) in [7, 11) is -7.92. The van der Waals surface area contributed by atoms with E-state index in [1.54, 1.807) is 0 Å². The van der Waals surface area contributed by atoms with Crippen LogP contribution in [-0.4, -0.2) is 39.8 Å². The Balaban J connectivity index is 1.29. The number of nitrogens with zero attached hydrogens (tertiary/aromatic N) is 1. The van der Waals surface area contributed by atoms with Crippen LogP contribution in [0.15, 0.2) is 33.9 Å². The summed E-state index contributed by atoms with van der Waals surface area (Å²) in [5.41, 5.74) is 5.44.